The van der Waals surface area contributed by atoms with E-state index in [9.17, 15) is 9.18 Å². The first-order chi connectivity index (χ1) is 6.11. The highest BCUT2D eigenvalue weighted by atomic mass is 32.2. The van der Waals surface area contributed by atoms with Gasteiger partial charge in [0, 0.05) is 10.5 Å². The molecule has 0 aliphatic heterocycles. The molecule has 0 aliphatic rings. The predicted octanol–water partition coefficient (Wildman–Crippen LogP) is 2.79. The molecule has 0 heterocycles. The molecule has 0 radical (unpaired) electrons. The number of benzene rings is 1. The molecule has 1 nitrogen and oxygen atoms in total. The highest BCUT2D eigenvalue weighted by Gasteiger charge is 2.27. The lowest BCUT2D eigenvalue weighted by atomic mass is 10.00. The maximum absolute atomic E-state index is 13.6. The second-order valence-corrected chi connectivity index (χ2v) is 3.74. The molecular formula is C10H11FOS. The van der Waals surface area contributed by atoms with Crippen molar-refractivity contribution in [2.45, 2.75) is 17.5 Å². The minimum Gasteiger partial charge on any atom is -0.299 e. The first kappa shape index (κ1) is 10.3. The van der Waals surface area contributed by atoms with Crippen molar-refractivity contribution in [3.05, 3.63) is 29.8 Å². The van der Waals surface area contributed by atoms with Gasteiger partial charge in [0.25, 0.3) is 0 Å². The number of hydrogen-bond donors (Lipinski definition) is 0. The largest absolute Gasteiger partial charge is 0.299 e. The Labute approximate surface area is 81.3 Å². The van der Waals surface area contributed by atoms with Gasteiger partial charge in [-0.1, -0.05) is 18.2 Å². The summed E-state index contributed by atoms with van der Waals surface area (Å²) in [6.07, 6.45) is 2.20. The van der Waals surface area contributed by atoms with Gasteiger partial charge < -0.3 is 0 Å². The van der Waals surface area contributed by atoms with Gasteiger partial charge in [-0.2, -0.15) is 0 Å². The molecule has 0 saturated carbocycles. The number of halogens is 1. The van der Waals surface area contributed by atoms with Gasteiger partial charge in [-0.3, -0.25) is 4.79 Å². The molecule has 0 spiro atoms. The summed E-state index contributed by atoms with van der Waals surface area (Å²) in [4.78, 5) is 11.3. The monoisotopic (exact) mass is 198 g/mol. The van der Waals surface area contributed by atoms with Gasteiger partial charge in [0.2, 0.25) is 0 Å². The highest BCUT2D eigenvalue weighted by molar-refractivity contribution is 7.98. The first-order valence-electron chi connectivity index (χ1n) is 3.90. The number of carbonyl (C=O) groups excluding carboxylic acids is 1. The van der Waals surface area contributed by atoms with Crippen LogP contribution in [-0.4, -0.2) is 12.5 Å². The fraction of sp³-hybridized carbons (Fsp3) is 0.300. The molecule has 1 atom stereocenters. The molecule has 0 N–H and O–H groups in total. The third-order valence-electron chi connectivity index (χ3n) is 1.85. The number of aldehydes is 1. The second kappa shape index (κ2) is 3.92. The van der Waals surface area contributed by atoms with Crippen molar-refractivity contribution >= 4 is 18.0 Å². The summed E-state index contributed by atoms with van der Waals surface area (Å²) in [5.41, 5.74) is -1.43. The summed E-state index contributed by atoms with van der Waals surface area (Å²) in [5, 5.41) is 0. The Balaban J connectivity index is 3.20. The summed E-state index contributed by atoms with van der Waals surface area (Å²) in [6, 6.07) is 7.01. The molecule has 0 aliphatic carbocycles. The van der Waals surface area contributed by atoms with Crippen LogP contribution in [0.2, 0.25) is 0 Å². The van der Waals surface area contributed by atoms with Gasteiger partial charge in [-0.15, -0.1) is 11.8 Å². The molecule has 1 rings (SSSR count). The highest BCUT2D eigenvalue weighted by Crippen LogP contribution is 2.31. The molecular weight excluding hydrogens is 187 g/mol. The van der Waals surface area contributed by atoms with E-state index in [1.54, 1.807) is 18.2 Å². The summed E-state index contributed by atoms with van der Waals surface area (Å²) in [6.45, 7) is 1.27. The summed E-state index contributed by atoms with van der Waals surface area (Å²) in [7, 11) is 0. The fourth-order valence-corrected chi connectivity index (χ4v) is 1.81. The zero-order chi connectivity index (χ0) is 9.90. The van der Waals surface area contributed by atoms with Gasteiger partial charge >= 0.3 is 0 Å². The van der Waals surface area contributed by atoms with Crippen LogP contribution in [0.5, 0.6) is 0 Å². The molecule has 0 bridgehead atoms. The SMILES string of the molecule is CSc1ccccc1C(C)(F)C=O. The zero-order valence-electron chi connectivity index (χ0n) is 7.58. The number of hydrogen-bond acceptors (Lipinski definition) is 2. The molecule has 3 heteroatoms. The van der Waals surface area contributed by atoms with E-state index in [0.29, 0.717) is 11.8 Å². The zero-order valence-corrected chi connectivity index (χ0v) is 8.40. The molecule has 1 unspecified atom stereocenters. The van der Waals surface area contributed by atoms with E-state index >= 15 is 0 Å². The molecule has 13 heavy (non-hydrogen) atoms. The van der Waals surface area contributed by atoms with Crippen LogP contribution in [-0.2, 0) is 10.5 Å². The normalized spacial score (nSPS) is 15.0. The number of thioether (sulfide) groups is 1. The van der Waals surface area contributed by atoms with E-state index in [1.807, 2.05) is 12.3 Å². The van der Waals surface area contributed by atoms with Crippen molar-refractivity contribution in [2.24, 2.45) is 0 Å². The molecule has 0 fully saturated rings. The molecule has 0 aromatic heterocycles. The standard InChI is InChI=1S/C10H11FOS/c1-10(11,7-12)8-5-3-4-6-9(8)13-2/h3-7H,1-2H3. The van der Waals surface area contributed by atoms with E-state index in [2.05, 4.69) is 0 Å². The van der Waals surface area contributed by atoms with Gasteiger partial charge in [0.05, 0.1) is 0 Å². The van der Waals surface area contributed by atoms with Crippen LogP contribution < -0.4 is 0 Å². The molecule has 0 saturated heterocycles. The van der Waals surface area contributed by atoms with E-state index in [4.69, 9.17) is 0 Å². The molecule has 70 valence electrons. The molecule has 1 aromatic carbocycles. The van der Waals surface area contributed by atoms with E-state index in [0.717, 1.165) is 4.90 Å². The lowest BCUT2D eigenvalue weighted by Crippen LogP contribution is -2.17. The maximum atomic E-state index is 13.6. The van der Waals surface area contributed by atoms with E-state index in [1.165, 1.54) is 18.7 Å². The summed E-state index contributed by atoms with van der Waals surface area (Å²) < 4.78 is 13.6. The Morgan fingerprint density at radius 1 is 1.46 bits per heavy atom. The third-order valence-corrected chi connectivity index (χ3v) is 2.65. The Hall–Kier alpha value is -0.830. The van der Waals surface area contributed by atoms with Gasteiger partial charge in [0.15, 0.2) is 12.0 Å². The number of alkyl halides is 1. The third kappa shape index (κ3) is 2.10. The van der Waals surface area contributed by atoms with Gasteiger partial charge in [-0.05, 0) is 19.2 Å². The fourth-order valence-electron chi connectivity index (χ4n) is 1.11. The maximum Gasteiger partial charge on any atom is 0.189 e. The van der Waals surface area contributed by atoms with Crippen molar-refractivity contribution in [1.29, 1.82) is 0 Å². The lowest BCUT2D eigenvalue weighted by Gasteiger charge is -2.16. The predicted molar refractivity (Wildman–Crippen MR) is 52.7 cm³/mol. The Morgan fingerprint density at radius 2 is 2.08 bits per heavy atom. The lowest BCUT2D eigenvalue weighted by molar-refractivity contribution is -0.117. The van der Waals surface area contributed by atoms with Crippen LogP contribution >= 0.6 is 11.8 Å². The van der Waals surface area contributed by atoms with E-state index in [-0.39, 0.29) is 0 Å². The Bertz CT molecular complexity index is 310. The first-order valence-corrected chi connectivity index (χ1v) is 5.13. The number of rotatable bonds is 3. The van der Waals surface area contributed by atoms with E-state index < -0.39 is 5.67 Å². The second-order valence-electron chi connectivity index (χ2n) is 2.89. The van der Waals surface area contributed by atoms with Crippen LogP contribution in [0.4, 0.5) is 4.39 Å². The summed E-state index contributed by atoms with van der Waals surface area (Å²) >= 11 is 1.44. The quantitative estimate of drug-likeness (QED) is 0.548. The van der Waals surface area contributed by atoms with Gasteiger partial charge in [-0.25, -0.2) is 4.39 Å². The average molecular weight is 198 g/mol. The van der Waals surface area contributed by atoms with Crippen LogP contribution in [0.25, 0.3) is 0 Å². The van der Waals surface area contributed by atoms with Crippen molar-refractivity contribution < 1.29 is 9.18 Å². The topological polar surface area (TPSA) is 17.1 Å². The van der Waals surface area contributed by atoms with Crippen LogP contribution in [0.1, 0.15) is 12.5 Å². The van der Waals surface area contributed by atoms with Crippen LogP contribution in [0.15, 0.2) is 29.2 Å². The average Bonchev–Trinajstić information content (AvgIpc) is 2.18. The van der Waals surface area contributed by atoms with Crippen LogP contribution in [0.3, 0.4) is 0 Å². The van der Waals surface area contributed by atoms with Crippen LogP contribution in [0, 0.1) is 0 Å². The Morgan fingerprint density at radius 3 is 2.62 bits per heavy atom. The smallest absolute Gasteiger partial charge is 0.189 e. The molecule has 0 amide bonds. The number of carbonyl (C=O) groups is 1. The van der Waals surface area contributed by atoms with Crippen molar-refractivity contribution in [3.63, 3.8) is 0 Å². The summed E-state index contributed by atoms with van der Waals surface area (Å²) in [5.74, 6) is 0. The van der Waals surface area contributed by atoms with Crippen molar-refractivity contribution in [2.75, 3.05) is 6.26 Å². The van der Waals surface area contributed by atoms with Crippen molar-refractivity contribution in [1.82, 2.24) is 0 Å². The molecule has 1 aromatic rings. The minimum atomic E-state index is -1.88. The minimum absolute atomic E-state index is 0.335. The van der Waals surface area contributed by atoms with Gasteiger partial charge in [0.1, 0.15) is 0 Å². The van der Waals surface area contributed by atoms with Crippen molar-refractivity contribution in [3.8, 4) is 0 Å². The Kier molecular flexibility index (Phi) is 3.09.